The summed E-state index contributed by atoms with van der Waals surface area (Å²) in [5.74, 6) is -2.52. The Morgan fingerprint density at radius 1 is 1.47 bits per heavy atom. The molecule has 1 amide bonds. The van der Waals surface area contributed by atoms with Crippen molar-refractivity contribution >= 4 is 17.8 Å². The Morgan fingerprint density at radius 2 is 2.16 bits per heavy atom. The number of carbonyl (C=O) groups is 3. The molecular formula is C10H14N4O5. The number of rotatable bonds is 6. The molecular weight excluding hydrogens is 256 g/mol. The van der Waals surface area contributed by atoms with Crippen molar-refractivity contribution in [1.82, 2.24) is 20.5 Å². The second kappa shape index (κ2) is 6.47. The van der Waals surface area contributed by atoms with Crippen LogP contribution in [-0.2, 0) is 20.7 Å². The first-order chi connectivity index (χ1) is 8.97. The monoisotopic (exact) mass is 270 g/mol. The van der Waals surface area contributed by atoms with Crippen LogP contribution in [0.15, 0.2) is 0 Å². The number of aryl methyl sites for hydroxylation is 1. The van der Waals surface area contributed by atoms with E-state index in [-0.39, 0.29) is 5.82 Å². The van der Waals surface area contributed by atoms with Crippen molar-refractivity contribution in [2.45, 2.75) is 25.8 Å². The van der Waals surface area contributed by atoms with Crippen LogP contribution in [0.3, 0.4) is 0 Å². The molecule has 0 aliphatic heterocycles. The summed E-state index contributed by atoms with van der Waals surface area (Å²) in [5, 5.41) is 17.2. The van der Waals surface area contributed by atoms with E-state index in [1.165, 1.54) is 0 Å². The van der Waals surface area contributed by atoms with Crippen LogP contribution in [-0.4, -0.2) is 51.3 Å². The van der Waals surface area contributed by atoms with Gasteiger partial charge in [-0.3, -0.25) is 14.7 Å². The molecule has 1 aromatic heterocycles. The summed E-state index contributed by atoms with van der Waals surface area (Å²) in [6.45, 7) is 1.82. The highest BCUT2D eigenvalue weighted by atomic mass is 16.5. The zero-order chi connectivity index (χ0) is 14.4. The number of aromatic amines is 1. The van der Waals surface area contributed by atoms with Gasteiger partial charge in [0, 0.05) is 6.42 Å². The van der Waals surface area contributed by atoms with E-state index in [0.717, 1.165) is 7.11 Å². The van der Waals surface area contributed by atoms with Gasteiger partial charge in [0.15, 0.2) is 0 Å². The molecule has 0 aliphatic carbocycles. The number of aliphatic carboxylic acids is 1. The van der Waals surface area contributed by atoms with E-state index in [2.05, 4.69) is 25.2 Å². The highest BCUT2D eigenvalue weighted by Crippen LogP contribution is 1.99. The maximum Gasteiger partial charge on any atom is 0.326 e. The van der Waals surface area contributed by atoms with Crippen molar-refractivity contribution in [1.29, 1.82) is 0 Å². The molecule has 0 bridgehead atoms. The average molecular weight is 270 g/mol. The quantitative estimate of drug-likeness (QED) is 0.571. The van der Waals surface area contributed by atoms with Gasteiger partial charge in [-0.2, -0.15) is 0 Å². The van der Waals surface area contributed by atoms with E-state index in [1.807, 2.05) is 6.92 Å². The minimum atomic E-state index is -1.39. The summed E-state index contributed by atoms with van der Waals surface area (Å²) in [7, 11) is 1.13. The summed E-state index contributed by atoms with van der Waals surface area (Å²) in [5.41, 5.74) is 0. The molecule has 0 unspecified atom stereocenters. The number of H-pyrrole nitrogens is 1. The molecule has 9 heteroatoms. The van der Waals surface area contributed by atoms with Crippen LogP contribution in [0.5, 0.6) is 0 Å². The van der Waals surface area contributed by atoms with Crippen LogP contribution in [0.25, 0.3) is 0 Å². The summed E-state index contributed by atoms with van der Waals surface area (Å²) in [4.78, 5) is 37.5. The van der Waals surface area contributed by atoms with Gasteiger partial charge in [-0.25, -0.2) is 9.78 Å². The van der Waals surface area contributed by atoms with E-state index in [4.69, 9.17) is 5.11 Å². The van der Waals surface area contributed by atoms with Crippen molar-refractivity contribution in [2.75, 3.05) is 7.11 Å². The zero-order valence-corrected chi connectivity index (χ0v) is 10.5. The number of hydrogen-bond donors (Lipinski definition) is 3. The largest absolute Gasteiger partial charge is 0.480 e. The molecule has 0 radical (unpaired) electrons. The van der Waals surface area contributed by atoms with Gasteiger partial charge >= 0.3 is 11.9 Å². The predicted octanol–water partition coefficient (Wildman–Crippen LogP) is -0.887. The second-order valence-corrected chi connectivity index (χ2v) is 3.60. The van der Waals surface area contributed by atoms with Crippen LogP contribution >= 0.6 is 0 Å². The number of hydrogen-bond acceptors (Lipinski definition) is 6. The number of carboxylic acids is 1. The summed E-state index contributed by atoms with van der Waals surface area (Å²) in [6, 6.07) is -1.39. The fourth-order valence-electron chi connectivity index (χ4n) is 1.23. The zero-order valence-electron chi connectivity index (χ0n) is 10.5. The Morgan fingerprint density at radius 3 is 2.63 bits per heavy atom. The Hall–Kier alpha value is -2.45. The molecule has 1 heterocycles. The van der Waals surface area contributed by atoms with Crippen molar-refractivity contribution in [3.05, 3.63) is 11.6 Å². The maximum atomic E-state index is 11.7. The lowest BCUT2D eigenvalue weighted by molar-refractivity contribution is -0.147. The molecule has 19 heavy (non-hydrogen) atoms. The molecule has 0 saturated heterocycles. The third-order valence-corrected chi connectivity index (χ3v) is 2.27. The molecule has 1 rings (SSSR count). The Labute approximate surface area is 108 Å². The minimum Gasteiger partial charge on any atom is -0.480 e. The van der Waals surface area contributed by atoms with Crippen molar-refractivity contribution in [3.8, 4) is 0 Å². The SMILES string of the molecule is CCc1nc(C(=O)N[C@@H](CC(=O)OC)C(=O)O)n[nH]1. The lowest BCUT2D eigenvalue weighted by atomic mass is 10.2. The molecule has 0 aromatic carbocycles. The van der Waals surface area contributed by atoms with E-state index in [0.29, 0.717) is 12.2 Å². The predicted molar refractivity (Wildman–Crippen MR) is 61.3 cm³/mol. The first-order valence-corrected chi connectivity index (χ1v) is 5.49. The highest BCUT2D eigenvalue weighted by molar-refractivity contribution is 5.94. The lowest BCUT2D eigenvalue weighted by Gasteiger charge is -2.11. The normalized spacial score (nSPS) is 11.7. The van der Waals surface area contributed by atoms with Gasteiger partial charge in [0.1, 0.15) is 11.9 Å². The standard InChI is InChI=1S/C10H14N4O5/c1-3-6-12-8(14-13-6)9(16)11-5(10(17)18)4-7(15)19-2/h5H,3-4H2,1-2H3,(H,11,16)(H,17,18)(H,12,13,14)/t5-/m0/s1. The van der Waals surface area contributed by atoms with Gasteiger partial charge in [-0.1, -0.05) is 6.92 Å². The molecule has 0 fully saturated rings. The summed E-state index contributed by atoms with van der Waals surface area (Å²) >= 11 is 0. The Balaban J connectivity index is 2.70. The number of nitrogens with one attached hydrogen (secondary N) is 2. The van der Waals surface area contributed by atoms with E-state index < -0.39 is 30.3 Å². The number of aromatic nitrogens is 3. The molecule has 0 spiro atoms. The molecule has 3 N–H and O–H groups in total. The van der Waals surface area contributed by atoms with E-state index >= 15 is 0 Å². The second-order valence-electron chi connectivity index (χ2n) is 3.60. The number of carboxylic acid groups (broad SMARTS) is 1. The molecule has 9 nitrogen and oxygen atoms in total. The van der Waals surface area contributed by atoms with Gasteiger partial charge in [0.25, 0.3) is 5.91 Å². The number of ether oxygens (including phenoxy) is 1. The minimum absolute atomic E-state index is 0.173. The van der Waals surface area contributed by atoms with Crippen molar-refractivity contribution < 1.29 is 24.2 Å². The lowest BCUT2D eigenvalue weighted by Crippen LogP contribution is -2.42. The number of amides is 1. The van der Waals surface area contributed by atoms with Crippen LogP contribution in [0, 0.1) is 0 Å². The third kappa shape index (κ3) is 4.05. The molecule has 0 saturated carbocycles. The average Bonchev–Trinajstić information content (AvgIpc) is 2.86. The number of carbonyl (C=O) groups excluding carboxylic acids is 2. The molecule has 1 aromatic rings. The highest BCUT2D eigenvalue weighted by Gasteiger charge is 2.25. The Kier molecular flexibility index (Phi) is 4.98. The van der Waals surface area contributed by atoms with Gasteiger partial charge in [0.2, 0.25) is 5.82 Å². The smallest absolute Gasteiger partial charge is 0.326 e. The first-order valence-electron chi connectivity index (χ1n) is 5.49. The first kappa shape index (κ1) is 14.6. The summed E-state index contributed by atoms with van der Waals surface area (Å²) < 4.78 is 4.35. The van der Waals surface area contributed by atoms with Crippen LogP contribution in [0.1, 0.15) is 29.8 Å². The molecule has 104 valence electrons. The fraction of sp³-hybridized carbons (Fsp3) is 0.500. The fourth-order valence-corrected chi connectivity index (χ4v) is 1.23. The van der Waals surface area contributed by atoms with Crippen molar-refractivity contribution in [3.63, 3.8) is 0 Å². The van der Waals surface area contributed by atoms with Gasteiger partial charge in [0.05, 0.1) is 13.5 Å². The van der Waals surface area contributed by atoms with Crippen LogP contribution in [0.2, 0.25) is 0 Å². The van der Waals surface area contributed by atoms with Crippen LogP contribution in [0.4, 0.5) is 0 Å². The molecule has 0 aliphatic rings. The van der Waals surface area contributed by atoms with Gasteiger partial charge in [-0.15, -0.1) is 5.10 Å². The van der Waals surface area contributed by atoms with Gasteiger partial charge < -0.3 is 15.2 Å². The van der Waals surface area contributed by atoms with Crippen molar-refractivity contribution in [2.24, 2.45) is 0 Å². The Bertz CT molecular complexity index is 484. The van der Waals surface area contributed by atoms with Crippen LogP contribution < -0.4 is 5.32 Å². The maximum absolute atomic E-state index is 11.7. The topological polar surface area (TPSA) is 134 Å². The van der Waals surface area contributed by atoms with E-state index in [9.17, 15) is 14.4 Å². The van der Waals surface area contributed by atoms with Gasteiger partial charge in [-0.05, 0) is 0 Å². The van der Waals surface area contributed by atoms with E-state index in [1.54, 1.807) is 0 Å². The molecule has 1 atom stereocenters. The number of nitrogens with zero attached hydrogens (tertiary/aromatic N) is 2. The number of esters is 1. The number of methoxy groups -OCH3 is 1. The summed E-state index contributed by atoms with van der Waals surface area (Å²) in [6.07, 6.45) is 0.0907. The third-order valence-electron chi connectivity index (χ3n) is 2.27.